The lowest BCUT2D eigenvalue weighted by Gasteiger charge is -2.22. The van der Waals surface area contributed by atoms with Crippen molar-refractivity contribution in [3.05, 3.63) is 53.6 Å². The van der Waals surface area contributed by atoms with Gasteiger partial charge < -0.3 is 10.2 Å². The highest BCUT2D eigenvalue weighted by atomic mass is 19.1. The fourth-order valence-electron chi connectivity index (χ4n) is 2.82. The third-order valence-electron chi connectivity index (χ3n) is 3.85. The summed E-state index contributed by atoms with van der Waals surface area (Å²) in [6.07, 6.45) is 5.76. The molecule has 0 saturated carbocycles. The van der Waals surface area contributed by atoms with Crippen molar-refractivity contribution < 1.29 is 4.39 Å². The van der Waals surface area contributed by atoms with E-state index in [2.05, 4.69) is 22.1 Å². The Hall–Kier alpha value is -1.94. The van der Waals surface area contributed by atoms with Crippen LogP contribution in [0.4, 0.5) is 15.8 Å². The van der Waals surface area contributed by atoms with Crippen molar-refractivity contribution in [2.24, 2.45) is 0 Å². The second kappa shape index (κ2) is 6.22. The molecule has 0 amide bonds. The average Bonchev–Trinajstić information content (AvgIpc) is 2.91. The number of hydrogen-bond acceptors (Lipinski definition) is 3. The van der Waals surface area contributed by atoms with Gasteiger partial charge in [0.15, 0.2) is 0 Å². The molecule has 0 fully saturated rings. The van der Waals surface area contributed by atoms with E-state index in [-0.39, 0.29) is 5.82 Å². The summed E-state index contributed by atoms with van der Waals surface area (Å²) in [7, 11) is 0. The van der Waals surface area contributed by atoms with Gasteiger partial charge in [-0.3, -0.25) is 4.98 Å². The molecule has 1 aromatic heterocycles. The number of fused-ring (bicyclic) bond motifs is 1. The van der Waals surface area contributed by atoms with Crippen LogP contribution >= 0.6 is 0 Å². The van der Waals surface area contributed by atoms with Crippen molar-refractivity contribution in [3.63, 3.8) is 0 Å². The van der Waals surface area contributed by atoms with Crippen molar-refractivity contribution in [1.29, 1.82) is 0 Å². The first-order valence-electron chi connectivity index (χ1n) is 7.49. The highest BCUT2D eigenvalue weighted by Gasteiger charge is 2.22. The van der Waals surface area contributed by atoms with E-state index in [4.69, 9.17) is 0 Å². The maximum atomic E-state index is 13.5. The number of nitrogens with zero attached hydrogens (tertiary/aromatic N) is 2. The van der Waals surface area contributed by atoms with E-state index in [9.17, 15) is 4.39 Å². The van der Waals surface area contributed by atoms with E-state index in [1.807, 2.05) is 18.3 Å². The van der Waals surface area contributed by atoms with Crippen molar-refractivity contribution in [2.75, 3.05) is 18.0 Å². The van der Waals surface area contributed by atoms with E-state index in [0.717, 1.165) is 49.4 Å². The minimum absolute atomic E-state index is 0.180. The molecule has 3 nitrogen and oxygen atoms in total. The number of nitrogens with one attached hydrogen (secondary N) is 1. The van der Waals surface area contributed by atoms with Gasteiger partial charge in [-0.15, -0.1) is 0 Å². The van der Waals surface area contributed by atoms with Crippen LogP contribution in [0.15, 0.2) is 36.7 Å². The molecule has 0 aliphatic carbocycles. The minimum atomic E-state index is -0.180. The molecular formula is C17H20FN3. The van der Waals surface area contributed by atoms with Gasteiger partial charge >= 0.3 is 0 Å². The Kier molecular flexibility index (Phi) is 4.15. The van der Waals surface area contributed by atoms with E-state index < -0.39 is 0 Å². The number of rotatable bonds is 5. The Balaban J connectivity index is 1.90. The molecule has 0 saturated heterocycles. The highest BCUT2D eigenvalue weighted by Crippen LogP contribution is 2.36. The summed E-state index contributed by atoms with van der Waals surface area (Å²) in [6.45, 7) is 4.82. The summed E-state index contributed by atoms with van der Waals surface area (Å²) in [4.78, 5) is 6.43. The largest absolute Gasteiger partial charge is 0.340 e. The first-order chi connectivity index (χ1) is 10.3. The summed E-state index contributed by atoms with van der Waals surface area (Å²) in [5, 5.41) is 3.41. The number of aromatic nitrogens is 1. The second-order valence-corrected chi connectivity index (χ2v) is 5.36. The summed E-state index contributed by atoms with van der Waals surface area (Å²) in [5.41, 5.74) is 4.47. The Morgan fingerprint density at radius 2 is 2.19 bits per heavy atom. The van der Waals surface area contributed by atoms with Crippen LogP contribution in [0.25, 0.3) is 0 Å². The number of anilines is 2. The van der Waals surface area contributed by atoms with Gasteiger partial charge in [0.25, 0.3) is 0 Å². The molecule has 1 aliphatic rings. The molecule has 2 heterocycles. The fraction of sp³-hybridized carbons (Fsp3) is 0.353. The molecule has 1 N–H and O–H groups in total. The summed E-state index contributed by atoms with van der Waals surface area (Å²) < 4.78 is 13.5. The Labute approximate surface area is 124 Å². The normalized spacial score (nSPS) is 13.5. The average molecular weight is 285 g/mol. The molecule has 0 radical (unpaired) electrons. The van der Waals surface area contributed by atoms with Crippen molar-refractivity contribution in [1.82, 2.24) is 10.3 Å². The van der Waals surface area contributed by atoms with Crippen LogP contribution in [-0.2, 0) is 13.0 Å². The van der Waals surface area contributed by atoms with E-state index in [0.29, 0.717) is 0 Å². The molecule has 1 aromatic carbocycles. The lowest BCUT2D eigenvalue weighted by Crippen LogP contribution is -2.19. The van der Waals surface area contributed by atoms with Gasteiger partial charge in [0, 0.05) is 42.4 Å². The topological polar surface area (TPSA) is 28.2 Å². The van der Waals surface area contributed by atoms with Crippen molar-refractivity contribution in [3.8, 4) is 0 Å². The molecule has 21 heavy (non-hydrogen) atoms. The standard InChI is InChI=1S/C17H20FN3/c1-2-7-19-11-14-12-20-8-5-16(14)21-9-6-13-3-4-15(18)10-17(13)21/h3-5,8,10,12,19H,2,6-7,9,11H2,1H3. The van der Waals surface area contributed by atoms with Gasteiger partial charge in [0.2, 0.25) is 0 Å². The Morgan fingerprint density at radius 3 is 3.05 bits per heavy atom. The molecule has 110 valence electrons. The van der Waals surface area contributed by atoms with Gasteiger partial charge in [-0.05, 0) is 43.1 Å². The first kappa shape index (κ1) is 14.0. The smallest absolute Gasteiger partial charge is 0.125 e. The Bertz CT molecular complexity index is 627. The molecule has 0 spiro atoms. The summed E-state index contributed by atoms with van der Waals surface area (Å²) in [5.74, 6) is -0.180. The lowest BCUT2D eigenvalue weighted by atomic mass is 10.1. The molecule has 0 bridgehead atoms. The maximum Gasteiger partial charge on any atom is 0.125 e. The molecule has 0 atom stereocenters. The summed E-state index contributed by atoms with van der Waals surface area (Å²) in [6, 6.07) is 7.08. The van der Waals surface area contributed by atoms with E-state index in [1.165, 1.54) is 5.56 Å². The molecule has 1 aliphatic heterocycles. The van der Waals surface area contributed by atoms with Gasteiger partial charge in [-0.25, -0.2) is 4.39 Å². The number of benzene rings is 1. The van der Waals surface area contributed by atoms with Crippen LogP contribution in [0, 0.1) is 5.82 Å². The van der Waals surface area contributed by atoms with Gasteiger partial charge in [-0.1, -0.05) is 13.0 Å². The number of halogens is 1. The summed E-state index contributed by atoms with van der Waals surface area (Å²) >= 11 is 0. The number of pyridine rings is 1. The predicted molar refractivity (Wildman–Crippen MR) is 83.3 cm³/mol. The predicted octanol–water partition coefficient (Wildman–Crippen LogP) is 3.41. The van der Waals surface area contributed by atoms with Crippen LogP contribution in [-0.4, -0.2) is 18.1 Å². The first-order valence-corrected chi connectivity index (χ1v) is 7.49. The molecule has 3 rings (SSSR count). The van der Waals surface area contributed by atoms with Crippen LogP contribution in [0.2, 0.25) is 0 Å². The van der Waals surface area contributed by atoms with Gasteiger partial charge in [-0.2, -0.15) is 0 Å². The van der Waals surface area contributed by atoms with Crippen molar-refractivity contribution in [2.45, 2.75) is 26.3 Å². The number of hydrogen-bond donors (Lipinski definition) is 1. The van der Waals surface area contributed by atoms with Crippen LogP contribution in [0.1, 0.15) is 24.5 Å². The zero-order valence-electron chi connectivity index (χ0n) is 12.3. The minimum Gasteiger partial charge on any atom is -0.340 e. The monoisotopic (exact) mass is 285 g/mol. The van der Waals surface area contributed by atoms with Gasteiger partial charge in [0.05, 0.1) is 0 Å². The third kappa shape index (κ3) is 2.90. The van der Waals surface area contributed by atoms with E-state index >= 15 is 0 Å². The lowest BCUT2D eigenvalue weighted by molar-refractivity contribution is 0.628. The van der Waals surface area contributed by atoms with Crippen LogP contribution in [0.5, 0.6) is 0 Å². The van der Waals surface area contributed by atoms with Crippen LogP contribution < -0.4 is 10.2 Å². The zero-order chi connectivity index (χ0) is 14.7. The quantitative estimate of drug-likeness (QED) is 0.853. The molecular weight excluding hydrogens is 265 g/mol. The maximum absolute atomic E-state index is 13.5. The fourth-order valence-corrected chi connectivity index (χ4v) is 2.82. The molecule has 0 unspecified atom stereocenters. The van der Waals surface area contributed by atoms with Gasteiger partial charge in [0.1, 0.15) is 5.82 Å². The van der Waals surface area contributed by atoms with Crippen LogP contribution in [0.3, 0.4) is 0 Å². The molecule has 4 heteroatoms. The molecule has 2 aromatic rings. The SMILES string of the molecule is CCCNCc1cnccc1N1CCc2ccc(F)cc21. The third-order valence-corrected chi connectivity index (χ3v) is 3.85. The Morgan fingerprint density at radius 1 is 1.29 bits per heavy atom. The zero-order valence-corrected chi connectivity index (χ0v) is 12.3. The van der Waals surface area contributed by atoms with E-state index in [1.54, 1.807) is 18.3 Å². The van der Waals surface area contributed by atoms with Crippen molar-refractivity contribution >= 4 is 11.4 Å². The second-order valence-electron chi connectivity index (χ2n) is 5.36. The highest BCUT2D eigenvalue weighted by molar-refractivity contribution is 5.71.